The standard InChI is InChI=1S/C24H23ClFN5OS/c1-15-4-7-18(8-5-15)31-22-21(16(2)28-31)33-24(27-22)30-11-3-10-29(12-13-30)23(32)19-9-6-17(26)14-20(19)25/h4-9,14H,3,10-13H2,1-2H3. The number of aryl methyl sites for hydroxylation is 2. The van der Waals surface area contributed by atoms with Gasteiger partial charge in [-0.05, 0) is 50.6 Å². The van der Waals surface area contributed by atoms with Crippen LogP contribution < -0.4 is 4.90 Å². The first-order valence-electron chi connectivity index (χ1n) is 10.8. The average Bonchev–Trinajstić information content (AvgIpc) is 3.25. The van der Waals surface area contributed by atoms with Gasteiger partial charge in [0, 0.05) is 26.2 Å². The van der Waals surface area contributed by atoms with Gasteiger partial charge in [0.1, 0.15) is 5.82 Å². The maximum Gasteiger partial charge on any atom is 0.255 e. The Kier molecular flexibility index (Phi) is 5.80. The Morgan fingerprint density at radius 3 is 2.61 bits per heavy atom. The number of hydrogen-bond acceptors (Lipinski definition) is 5. The van der Waals surface area contributed by atoms with Gasteiger partial charge in [0.25, 0.3) is 5.91 Å². The summed E-state index contributed by atoms with van der Waals surface area (Å²) >= 11 is 7.75. The van der Waals surface area contributed by atoms with Gasteiger partial charge in [-0.2, -0.15) is 10.1 Å². The van der Waals surface area contributed by atoms with Crippen molar-refractivity contribution in [2.75, 3.05) is 31.1 Å². The molecule has 1 amide bonds. The Balaban J connectivity index is 1.37. The second kappa shape index (κ2) is 8.76. The summed E-state index contributed by atoms with van der Waals surface area (Å²) in [5.74, 6) is -0.620. The lowest BCUT2D eigenvalue weighted by Crippen LogP contribution is -2.35. The summed E-state index contributed by atoms with van der Waals surface area (Å²) in [5, 5.41) is 5.76. The molecule has 1 aliphatic rings. The van der Waals surface area contributed by atoms with Crippen molar-refractivity contribution >= 4 is 44.3 Å². The quantitative estimate of drug-likeness (QED) is 0.399. The third-order valence-electron chi connectivity index (χ3n) is 5.87. The van der Waals surface area contributed by atoms with Crippen molar-refractivity contribution < 1.29 is 9.18 Å². The number of rotatable bonds is 3. The number of fused-ring (bicyclic) bond motifs is 1. The first-order chi connectivity index (χ1) is 15.9. The van der Waals surface area contributed by atoms with Gasteiger partial charge < -0.3 is 9.80 Å². The van der Waals surface area contributed by atoms with Crippen LogP contribution >= 0.6 is 22.9 Å². The van der Waals surface area contributed by atoms with Crippen LogP contribution in [0.25, 0.3) is 16.0 Å². The van der Waals surface area contributed by atoms with Crippen LogP contribution in [-0.4, -0.2) is 51.8 Å². The second-order valence-electron chi connectivity index (χ2n) is 8.24. The van der Waals surface area contributed by atoms with Crippen molar-refractivity contribution in [1.29, 1.82) is 0 Å². The molecule has 0 N–H and O–H groups in total. The fourth-order valence-electron chi connectivity index (χ4n) is 4.07. The molecule has 6 nitrogen and oxygen atoms in total. The summed E-state index contributed by atoms with van der Waals surface area (Å²) in [6, 6.07) is 12.1. The predicted octanol–water partition coefficient (Wildman–Crippen LogP) is 5.24. The van der Waals surface area contributed by atoms with Gasteiger partial charge in [0.15, 0.2) is 10.8 Å². The molecule has 33 heavy (non-hydrogen) atoms. The molecule has 2 aromatic heterocycles. The van der Waals surface area contributed by atoms with Crippen LogP contribution in [0.5, 0.6) is 0 Å². The lowest BCUT2D eigenvalue weighted by atomic mass is 10.2. The van der Waals surface area contributed by atoms with E-state index in [4.69, 9.17) is 21.7 Å². The highest BCUT2D eigenvalue weighted by Crippen LogP contribution is 2.33. The molecular weight excluding hydrogens is 461 g/mol. The molecule has 0 saturated carbocycles. The number of anilines is 1. The van der Waals surface area contributed by atoms with E-state index in [9.17, 15) is 9.18 Å². The van der Waals surface area contributed by atoms with Gasteiger partial charge in [0.2, 0.25) is 0 Å². The fraction of sp³-hybridized carbons (Fsp3) is 0.292. The van der Waals surface area contributed by atoms with Crippen molar-refractivity contribution in [3.8, 4) is 5.69 Å². The van der Waals surface area contributed by atoms with Crippen molar-refractivity contribution in [3.63, 3.8) is 0 Å². The summed E-state index contributed by atoms with van der Waals surface area (Å²) in [5.41, 5.74) is 4.32. The zero-order chi connectivity index (χ0) is 23.1. The van der Waals surface area contributed by atoms with E-state index in [2.05, 4.69) is 36.1 Å². The molecule has 0 spiro atoms. The van der Waals surface area contributed by atoms with E-state index < -0.39 is 5.82 Å². The maximum absolute atomic E-state index is 13.4. The minimum Gasteiger partial charge on any atom is -0.346 e. The number of halogens is 2. The summed E-state index contributed by atoms with van der Waals surface area (Å²) in [4.78, 5) is 21.9. The van der Waals surface area contributed by atoms with Crippen molar-refractivity contribution in [1.82, 2.24) is 19.7 Å². The van der Waals surface area contributed by atoms with Gasteiger partial charge in [-0.15, -0.1) is 0 Å². The zero-order valence-electron chi connectivity index (χ0n) is 18.4. The summed E-state index contributed by atoms with van der Waals surface area (Å²) in [7, 11) is 0. The van der Waals surface area contributed by atoms with Gasteiger partial charge in [-0.3, -0.25) is 4.79 Å². The van der Waals surface area contributed by atoms with Crippen LogP contribution in [0.15, 0.2) is 42.5 Å². The number of carbonyl (C=O) groups excluding carboxylic acids is 1. The molecule has 0 bridgehead atoms. The Morgan fingerprint density at radius 1 is 1.06 bits per heavy atom. The summed E-state index contributed by atoms with van der Waals surface area (Å²) in [6.45, 7) is 6.69. The first kappa shape index (κ1) is 21.9. The molecule has 0 unspecified atom stereocenters. The van der Waals surface area contributed by atoms with E-state index in [-0.39, 0.29) is 10.9 Å². The lowest BCUT2D eigenvalue weighted by Gasteiger charge is -2.22. The minimum atomic E-state index is -0.450. The Bertz CT molecular complexity index is 1330. The number of amides is 1. The van der Waals surface area contributed by atoms with E-state index in [0.717, 1.165) is 39.8 Å². The zero-order valence-corrected chi connectivity index (χ0v) is 20.0. The van der Waals surface area contributed by atoms with Crippen LogP contribution in [0.4, 0.5) is 9.52 Å². The SMILES string of the molecule is Cc1ccc(-n2nc(C)c3sc(N4CCCN(C(=O)c5ccc(F)cc5Cl)CC4)nc32)cc1. The molecule has 2 aromatic carbocycles. The summed E-state index contributed by atoms with van der Waals surface area (Å²) in [6.07, 6.45) is 0.809. The largest absolute Gasteiger partial charge is 0.346 e. The first-order valence-corrected chi connectivity index (χ1v) is 12.0. The third kappa shape index (κ3) is 4.20. The van der Waals surface area contributed by atoms with E-state index in [0.29, 0.717) is 25.2 Å². The molecule has 3 heterocycles. The van der Waals surface area contributed by atoms with Crippen LogP contribution in [0, 0.1) is 19.7 Å². The Hall–Kier alpha value is -2.97. The lowest BCUT2D eigenvalue weighted by molar-refractivity contribution is 0.0767. The van der Waals surface area contributed by atoms with E-state index in [1.165, 1.54) is 23.8 Å². The molecule has 0 aliphatic carbocycles. The number of nitrogens with zero attached hydrogens (tertiary/aromatic N) is 5. The molecular formula is C24H23ClFN5OS. The number of carbonyl (C=O) groups is 1. The van der Waals surface area contributed by atoms with Gasteiger partial charge in [-0.25, -0.2) is 9.07 Å². The normalized spacial score (nSPS) is 14.7. The minimum absolute atomic E-state index is 0.142. The van der Waals surface area contributed by atoms with Crippen molar-refractivity contribution in [3.05, 3.63) is 70.1 Å². The predicted molar refractivity (Wildman–Crippen MR) is 130 cm³/mol. The Morgan fingerprint density at radius 2 is 1.85 bits per heavy atom. The Labute approximate surface area is 200 Å². The highest BCUT2D eigenvalue weighted by molar-refractivity contribution is 7.22. The molecule has 0 radical (unpaired) electrons. The number of hydrogen-bond donors (Lipinski definition) is 0. The molecule has 9 heteroatoms. The van der Waals surface area contributed by atoms with Gasteiger partial charge >= 0.3 is 0 Å². The van der Waals surface area contributed by atoms with Crippen LogP contribution in [0.3, 0.4) is 0 Å². The molecule has 1 fully saturated rings. The van der Waals surface area contributed by atoms with E-state index in [1.807, 2.05) is 11.6 Å². The van der Waals surface area contributed by atoms with Gasteiger partial charge in [-0.1, -0.05) is 40.6 Å². The molecule has 5 rings (SSSR count). The molecule has 1 saturated heterocycles. The van der Waals surface area contributed by atoms with Crippen LogP contribution in [0.2, 0.25) is 5.02 Å². The topological polar surface area (TPSA) is 54.3 Å². The average molecular weight is 484 g/mol. The van der Waals surface area contributed by atoms with Gasteiger partial charge in [0.05, 0.1) is 26.7 Å². The molecule has 4 aromatic rings. The monoisotopic (exact) mass is 483 g/mol. The van der Waals surface area contributed by atoms with Crippen LogP contribution in [-0.2, 0) is 0 Å². The second-order valence-corrected chi connectivity index (χ2v) is 9.62. The highest BCUT2D eigenvalue weighted by atomic mass is 35.5. The molecule has 170 valence electrons. The fourth-order valence-corrected chi connectivity index (χ4v) is 5.36. The van der Waals surface area contributed by atoms with Crippen LogP contribution in [0.1, 0.15) is 28.0 Å². The molecule has 0 atom stereocenters. The van der Waals surface area contributed by atoms with Crippen molar-refractivity contribution in [2.45, 2.75) is 20.3 Å². The number of aromatic nitrogens is 3. The van der Waals surface area contributed by atoms with Crippen molar-refractivity contribution in [2.24, 2.45) is 0 Å². The summed E-state index contributed by atoms with van der Waals surface area (Å²) < 4.78 is 16.3. The van der Waals surface area contributed by atoms with E-state index in [1.54, 1.807) is 16.2 Å². The number of benzene rings is 2. The molecule has 1 aliphatic heterocycles. The smallest absolute Gasteiger partial charge is 0.255 e. The van der Waals surface area contributed by atoms with E-state index >= 15 is 0 Å². The number of thiazole rings is 1. The maximum atomic E-state index is 13.4. The third-order valence-corrected chi connectivity index (χ3v) is 7.40. The highest BCUT2D eigenvalue weighted by Gasteiger charge is 2.25.